The number of hydrogen-bond donors (Lipinski definition) is 1. The average molecular weight is 330 g/mol. The van der Waals surface area contributed by atoms with Crippen LogP contribution in [0.1, 0.15) is 25.1 Å². The highest BCUT2D eigenvalue weighted by Crippen LogP contribution is 2.31. The Hall–Kier alpha value is -2.50. The Morgan fingerprint density at radius 1 is 1.33 bits per heavy atom. The third-order valence-electron chi connectivity index (χ3n) is 4.25. The van der Waals surface area contributed by atoms with Crippen molar-refractivity contribution in [3.05, 3.63) is 35.5 Å². The molecule has 3 rings (SSSR count). The molecule has 0 radical (unpaired) electrons. The van der Waals surface area contributed by atoms with Crippen LogP contribution in [0.5, 0.6) is 0 Å². The fourth-order valence-electron chi connectivity index (χ4n) is 3.07. The van der Waals surface area contributed by atoms with E-state index in [0.29, 0.717) is 19.6 Å². The molecule has 1 aliphatic rings. The quantitative estimate of drug-likeness (QED) is 0.879. The van der Waals surface area contributed by atoms with Crippen molar-refractivity contribution in [1.29, 1.82) is 0 Å². The summed E-state index contributed by atoms with van der Waals surface area (Å²) in [5.41, 5.74) is 3.01. The smallest absolute Gasteiger partial charge is 0.410 e. The van der Waals surface area contributed by atoms with Crippen LogP contribution in [0.15, 0.2) is 24.3 Å². The molecule has 1 unspecified atom stereocenters. The standard InChI is InChI=1S/C18H22N2O4/c1-11(2)10-24-18(22)20-9-15-13(8-16(20)17(21)23-3)12-6-4-5-7-14(12)19-15/h4-7,11,16,19H,8-10H2,1-3H3. The van der Waals surface area contributed by atoms with E-state index in [1.54, 1.807) is 0 Å². The van der Waals surface area contributed by atoms with E-state index in [9.17, 15) is 9.59 Å². The SMILES string of the molecule is COC(=O)C1Cc2c([nH]c3ccccc23)CN1C(=O)OCC(C)C. The zero-order valence-electron chi connectivity index (χ0n) is 14.2. The van der Waals surface area contributed by atoms with E-state index in [1.165, 1.54) is 12.0 Å². The normalized spacial score (nSPS) is 17.0. The second-order valence-electron chi connectivity index (χ2n) is 6.47. The van der Waals surface area contributed by atoms with Gasteiger partial charge in [-0.25, -0.2) is 9.59 Å². The van der Waals surface area contributed by atoms with Crippen LogP contribution in [0.3, 0.4) is 0 Å². The molecule has 6 nitrogen and oxygen atoms in total. The van der Waals surface area contributed by atoms with Crippen molar-refractivity contribution in [2.45, 2.75) is 32.9 Å². The lowest BCUT2D eigenvalue weighted by Crippen LogP contribution is -2.49. The van der Waals surface area contributed by atoms with E-state index in [-0.39, 0.29) is 5.92 Å². The third kappa shape index (κ3) is 2.96. The number of methoxy groups -OCH3 is 1. The molecule has 0 spiro atoms. The van der Waals surface area contributed by atoms with E-state index in [2.05, 4.69) is 4.98 Å². The van der Waals surface area contributed by atoms with Crippen LogP contribution >= 0.6 is 0 Å². The van der Waals surface area contributed by atoms with Crippen LogP contribution < -0.4 is 0 Å². The molecular formula is C18H22N2O4. The number of hydrogen-bond acceptors (Lipinski definition) is 4. The zero-order chi connectivity index (χ0) is 17.3. The van der Waals surface area contributed by atoms with E-state index < -0.39 is 18.1 Å². The lowest BCUT2D eigenvalue weighted by atomic mass is 9.97. The van der Waals surface area contributed by atoms with Gasteiger partial charge in [-0.2, -0.15) is 0 Å². The zero-order valence-corrected chi connectivity index (χ0v) is 14.2. The van der Waals surface area contributed by atoms with Gasteiger partial charge in [0.25, 0.3) is 0 Å². The Morgan fingerprint density at radius 2 is 2.08 bits per heavy atom. The van der Waals surface area contributed by atoms with Crippen LogP contribution in [0.25, 0.3) is 10.9 Å². The van der Waals surface area contributed by atoms with Crippen LogP contribution in [0, 0.1) is 5.92 Å². The molecule has 0 saturated heterocycles. The molecule has 1 aromatic heterocycles. The summed E-state index contributed by atoms with van der Waals surface area (Å²) in [7, 11) is 1.34. The molecule has 1 amide bonds. The molecule has 0 saturated carbocycles. The Kier molecular flexibility index (Phi) is 4.46. The minimum absolute atomic E-state index is 0.235. The number of carbonyl (C=O) groups excluding carboxylic acids is 2. The number of nitrogens with one attached hydrogen (secondary N) is 1. The van der Waals surface area contributed by atoms with Crippen LogP contribution in [-0.4, -0.2) is 41.7 Å². The second-order valence-corrected chi connectivity index (χ2v) is 6.47. The van der Waals surface area contributed by atoms with Gasteiger partial charge in [0.05, 0.1) is 20.3 Å². The molecule has 128 valence electrons. The Labute approximate surface area is 140 Å². The number of esters is 1. The fraction of sp³-hybridized carbons (Fsp3) is 0.444. The van der Waals surface area contributed by atoms with Crippen molar-refractivity contribution in [1.82, 2.24) is 9.88 Å². The van der Waals surface area contributed by atoms with E-state index in [0.717, 1.165) is 22.2 Å². The summed E-state index contributed by atoms with van der Waals surface area (Å²) in [6.45, 7) is 4.57. The van der Waals surface area contributed by atoms with Crippen LogP contribution in [0.4, 0.5) is 4.79 Å². The van der Waals surface area contributed by atoms with Gasteiger partial charge in [0, 0.05) is 23.0 Å². The van der Waals surface area contributed by atoms with Gasteiger partial charge in [-0.1, -0.05) is 32.0 Å². The molecule has 1 aromatic carbocycles. The number of fused-ring (bicyclic) bond motifs is 3. The highest BCUT2D eigenvalue weighted by atomic mass is 16.6. The molecule has 6 heteroatoms. The van der Waals surface area contributed by atoms with Gasteiger partial charge in [0.2, 0.25) is 0 Å². The van der Waals surface area contributed by atoms with Gasteiger partial charge in [0.1, 0.15) is 6.04 Å². The first kappa shape index (κ1) is 16.4. The molecule has 2 heterocycles. The summed E-state index contributed by atoms with van der Waals surface area (Å²) in [5.74, 6) is -0.189. The number of benzene rings is 1. The Morgan fingerprint density at radius 3 is 2.79 bits per heavy atom. The topological polar surface area (TPSA) is 71.6 Å². The van der Waals surface area contributed by atoms with Gasteiger partial charge in [-0.05, 0) is 17.5 Å². The average Bonchev–Trinajstić information content (AvgIpc) is 2.95. The van der Waals surface area contributed by atoms with Gasteiger partial charge in [-0.15, -0.1) is 0 Å². The van der Waals surface area contributed by atoms with Gasteiger partial charge < -0.3 is 14.5 Å². The maximum Gasteiger partial charge on any atom is 0.410 e. The number of H-pyrrole nitrogens is 1. The van der Waals surface area contributed by atoms with Crippen molar-refractivity contribution in [3.63, 3.8) is 0 Å². The maximum atomic E-state index is 12.4. The number of rotatable bonds is 3. The van der Waals surface area contributed by atoms with E-state index >= 15 is 0 Å². The number of aromatic amines is 1. The highest BCUT2D eigenvalue weighted by Gasteiger charge is 2.38. The van der Waals surface area contributed by atoms with E-state index in [1.807, 2.05) is 38.1 Å². The lowest BCUT2D eigenvalue weighted by molar-refractivity contribution is -0.147. The van der Waals surface area contributed by atoms with E-state index in [4.69, 9.17) is 9.47 Å². The summed E-state index contributed by atoms with van der Waals surface area (Å²) < 4.78 is 10.2. The number of amides is 1. The summed E-state index contributed by atoms with van der Waals surface area (Å²) in [4.78, 5) is 29.4. The molecule has 24 heavy (non-hydrogen) atoms. The molecule has 0 aliphatic carbocycles. The second kappa shape index (κ2) is 6.55. The Bertz CT molecular complexity index is 765. The number of carbonyl (C=O) groups is 2. The maximum absolute atomic E-state index is 12.4. The predicted octanol–water partition coefficient (Wildman–Crippen LogP) is 2.86. The van der Waals surface area contributed by atoms with Crippen molar-refractivity contribution in [3.8, 4) is 0 Å². The molecule has 0 fully saturated rings. The van der Waals surface area contributed by atoms with Crippen LogP contribution in [0.2, 0.25) is 0 Å². The first-order valence-electron chi connectivity index (χ1n) is 8.11. The minimum atomic E-state index is -0.665. The Balaban J connectivity index is 1.93. The highest BCUT2D eigenvalue weighted by molar-refractivity contribution is 5.88. The minimum Gasteiger partial charge on any atom is -0.467 e. The van der Waals surface area contributed by atoms with Crippen molar-refractivity contribution < 1.29 is 19.1 Å². The first-order valence-corrected chi connectivity index (χ1v) is 8.11. The fourth-order valence-corrected chi connectivity index (χ4v) is 3.07. The lowest BCUT2D eigenvalue weighted by Gasteiger charge is -2.33. The summed E-state index contributed by atoms with van der Waals surface area (Å²) in [6, 6.07) is 7.26. The summed E-state index contributed by atoms with van der Waals surface area (Å²) >= 11 is 0. The molecule has 2 aromatic rings. The number of aromatic nitrogens is 1. The third-order valence-corrected chi connectivity index (χ3v) is 4.25. The van der Waals surface area contributed by atoms with Crippen molar-refractivity contribution >= 4 is 23.0 Å². The molecule has 1 N–H and O–H groups in total. The van der Waals surface area contributed by atoms with Crippen LogP contribution in [-0.2, 0) is 27.2 Å². The van der Waals surface area contributed by atoms with Gasteiger partial charge in [-0.3, -0.25) is 4.90 Å². The first-order chi connectivity index (χ1) is 11.5. The van der Waals surface area contributed by atoms with Gasteiger partial charge in [0.15, 0.2) is 0 Å². The molecule has 1 aliphatic heterocycles. The predicted molar refractivity (Wildman–Crippen MR) is 89.5 cm³/mol. The number of nitrogens with zero attached hydrogens (tertiary/aromatic N) is 1. The molecule has 1 atom stereocenters. The van der Waals surface area contributed by atoms with Gasteiger partial charge >= 0.3 is 12.1 Å². The largest absolute Gasteiger partial charge is 0.467 e. The van der Waals surface area contributed by atoms with Crippen molar-refractivity contribution in [2.75, 3.05) is 13.7 Å². The molecular weight excluding hydrogens is 308 g/mol. The molecule has 0 bridgehead atoms. The van der Waals surface area contributed by atoms with Crippen molar-refractivity contribution in [2.24, 2.45) is 5.92 Å². The number of para-hydroxylation sites is 1. The summed E-state index contributed by atoms with van der Waals surface area (Å²) in [6.07, 6.45) is -0.0635. The number of ether oxygens (including phenoxy) is 2. The monoisotopic (exact) mass is 330 g/mol. The summed E-state index contributed by atoms with van der Waals surface area (Å²) in [5, 5.41) is 1.08.